The summed E-state index contributed by atoms with van der Waals surface area (Å²) in [5.41, 5.74) is 5.62. The van der Waals surface area contributed by atoms with E-state index in [0.29, 0.717) is 12.6 Å². The molecule has 1 aliphatic carbocycles. The minimum Gasteiger partial charge on any atom is -0.385 e. The first-order chi connectivity index (χ1) is 12.2. The first-order valence-corrected chi connectivity index (χ1v) is 9.94. The molecule has 1 fully saturated rings. The van der Waals surface area contributed by atoms with Crippen LogP contribution in [0.25, 0.3) is 10.9 Å². The predicted octanol–water partition coefficient (Wildman–Crippen LogP) is 1.93. The van der Waals surface area contributed by atoms with Gasteiger partial charge in [0.05, 0.1) is 6.54 Å². The van der Waals surface area contributed by atoms with Gasteiger partial charge in [-0.15, -0.1) is 0 Å². The second-order valence-corrected chi connectivity index (χ2v) is 7.81. The summed E-state index contributed by atoms with van der Waals surface area (Å²) in [5.74, 6) is 0. The van der Waals surface area contributed by atoms with Crippen LogP contribution < -0.4 is 5.32 Å². The Kier molecular flexibility index (Phi) is 5.11. The summed E-state index contributed by atoms with van der Waals surface area (Å²) in [7, 11) is 0. The van der Waals surface area contributed by atoms with E-state index in [0.717, 1.165) is 26.1 Å². The van der Waals surface area contributed by atoms with Crippen LogP contribution in [0.2, 0.25) is 0 Å². The first-order valence-electron chi connectivity index (χ1n) is 9.94. The van der Waals surface area contributed by atoms with Gasteiger partial charge in [-0.2, -0.15) is 0 Å². The molecule has 0 unspecified atom stereocenters. The van der Waals surface area contributed by atoms with Crippen molar-refractivity contribution >= 4 is 10.9 Å². The molecule has 2 aromatic rings. The van der Waals surface area contributed by atoms with E-state index in [-0.39, 0.29) is 6.10 Å². The molecule has 2 atom stereocenters. The Morgan fingerprint density at radius 2 is 2.16 bits per heavy atom. The van der Waals surface area contributed by atoms with Crippen LogP contribution >= 0.6 is 0 Å². The number of benzene rings is 1. The monoisotopic (exact) mass is 343 g/mol. The highest BCUT2D eigenvalue weighted by molar-refractivity contribution is 5.86. The van der Waals surface area contributed by atoms with Crippen LogP contribution in [-0.4, -0.2) is 41.6 Å². The number of hydrogen-bond acceptors (Lipinski definition) is 2. The standard InChI is InChI=1S/C21H30N2O2/c1-15-8-9-21-19(11-15)18-6-2-3-7-20(18)23(21)14-16(24)12-22-13-17-5-4-10-25-17/h8-9,11,16-17,22,24H,2-7,10,12-14H2,1H3/p+1/t16-,17+/m0/s1. The van der Waals surface area contributed by atoms with E-state index < -0.39 is 0 Å². The van der Waals surface area contributed by atoms with E-state index in [1.807, 2.05) is 0 Å². The summed E-state index contributed by atoms with van der Waals surface area (Å²) in [6.45, 7) is 5.50. The first kappa shape index (κ1) is 17.1. The highest BCUT2D eigenvalue weighted by atomic mass is 16.5. The van der Waals surface area contributed by atoms with Crippen LogP contribution in [0.15, 0.2) is 18.2 Å². The van der Waals surface area contributed by atoms with Gasteiger partial charge in [-0.3, -0.25) is 0 Å². The number of aromatic nitrogens is 1. The van der Waals surface area contributed by atoms with Gasteiger partial charge in [0.15, 0.2) is 0 Å². The number of nitrogens with two attached hydrogens (primary N) is 1. The third kappa shape index (κ3) is 3.62. The number of aliphatic hydroxyl groups excluding tert-OH is 1. The zero-order valence-electron chi connectivity index (χ0n) is 15.3. The number of hydrogen-bond donors (Lipinski definition) is 2. The van der Waals surface area contributed by atoms with E-state index in [9.17, 15) is 5.11 Å². The highest BCUT2D eigenvalue weighted by Gasteiger charge is 2.22. The van der Waals surface area contributed by atoms with Gasteiger partial charge in [-0.25, -0.2) is 0 Å². The predicted molar refractivity (Wildman–Crippen MR) is 100.0 cm³/mol. The third-order valence-corrected chi connectivity index (χ3v) is 5.82. The fraction of sp³-hybridized carbons (Fsp3) is 0.619. The van der Waals surface area contributed by atoms with E-state index in [4.69, 9.17) is 4.74 Å². The number of aryl methyl sites for hydroxylation is 2. The van der Waals surface area contributed by atoms with E-state index in [1.54, 1.807) is 0 Å². The number of nitrogens with zero attached hydrogens (tertiary/aromatic N) is 1. The Bertz CT molecular complexity index is 731. The zero-order chi connectivity index (χ0) is 17.2. The number of quaternary nitrogens is 1. The van der Waals surface area contributed by atoms with Crippen molar-refractivity contribution in [1.82, 2.24) is 4.57 Å². The van der Waals surface area contributed by atoms with Gasteiger partial charge in [-0.05, 0) is 63.1 Å². The van der Waals surface area contributed by atoms with Crippen molar-refractivity contribution in [1.29, 1.82) is 0 Å². The van der Waals surface area contributed by atoms with Crippen molar-refractivity contribution in [2.24, 2.45) is 0 Å². The van der Waals surface area contributed by atoms with Gasteiger partial charge in [0.25, 0.3) is 0 Å². The van der Waals surface area contributed by atoms with Crippen LogP contribution in [0.5, 0.6) is 0 Å². The van der Waals surface area contributed by atoms with Crippen molar-refractivity contribution < 1.29 is 15.2 Å². The molecule has 136 valence electrons. The number of ether oxygens (including phenoxy) is 1. The lowest BCUT2D eigenvalue weighted by Gasteiger charge is -2.18. The summed E-state index contributed by atoms with van der Waals surface area (Å²) in [4.78, 5) is 0. The molecular weight excluding hydrogens is 312 g/mol. The maximum absolute atomic E-state index is 10.6. The van der Waals surface area contributed by atoms with Crippen LogP contribution in [0, 0.1) is 6.92 Å². The second-order valence-electron chi connectivity index (χ2n) is 7.81. The lowest BCUT2D eigenvalue weighted by atomic mass is 9.95. The quantitative estimate of drug-likeness (QED) is 0.842. The molecule has 1 aromatic heterocycles. The molecule has 0 bridgehead atoms. The fourth-order valence-electron chi connectivity index (χ4n) is 4.55. The van der Waals surface area contributed by atoms with Gasteiger partial charge in [0.2, 0.25) is 0 Å². The topological polar surface area (TPSA) is 51.0 Å². The minimum absolute atomic E-state index is 0.315. The van der Waals surface area contributed by atoms with Crippen molar-refractivity contribution in [3.8, 4) is 0 Å². The van der Waals surface area contributed by atoms with Crippen LogP contribution in [0.4, 0.5) is 0 Å². The van der Waals surface area contributed by atoms with Crippen molar-refractivity contribution in [3.05, 3.63) is 35.0 Å². The molecule has 4 nitrogen and oxygen atoms in total. The van der Waals surface area contributed by atoms with E-state index in [1.165, 1.54) is 59.8 Å². The lowest BCUT2D eigenvalue weighted by molar-refractivity contribution is -0.666. The summed E-state index contributed by atoms with van der Waals surface area (Å²) in [6, 6.07) is 6.76. The zero-order valence-corrected chi connectivity index (χ0v) is 15.3. The Hall–Kier alpha value is -1.36. The molecule has 0 spiro atoms. The SMILES string of the molecule is Cc1ccc2c(c1)c1c(n2C[C@@H](O)C[NH2+]C[C@H]2CCCO2)CCCC1. The minimum atomic E-state index is -0.315. The van der Waals surface area contributed by atoms with Gasteiger partial charge in [-0.1, -0.05) is 11.6 Å². The average molecular weight is 343 g/mol. The maximum atomic E-state index is 10.6. The molecule has 0 amide bonds. The van der Waals surface area contributed by atoms with Crippen molar-refractivity contribution in [3.63, 3.8) is 0 Å². The Labute approximate surface area is 150 Å². The van der Waals surface area contributed by atoms with Gasteiger partial charge < -0.3 is 19.7 Å². The summed E-state index contributed by atoms with van der Waals surface area (Å²) >= 11 is 0. The Balaban J connectivity index is 1.48. The molecule has 0 radical (unpaired) electrons. The normalized spacial score (nSPS) is 21.6. The summed E-state index contributed by atoms with van der Waals surface area (Å²) in [6.07, 6.45) is 7.31. The van der Waals surface area contributed by atoms with Gasteiger partial charge in [0.1, 0.15) is 25.3 Å². The summed E-state index contributed by atoms with van der Waals surface area (Å²) in [5, 5.41) is 14.3. The van der Waals surface area contributed by atoms with Crippen LogP contribution in [0.3, 0.4) is 0 Å². The highest BCUT2D eigenvalue weighted by Crippen LogP contribution is 2.32. The van der Waals surface area contributed by atoms with Crippen LogP contribution in [-0.2, 0) is 24.1 Å². The third-order valence-electron chi connectivity index (χ3n) is 5.82. The molecule has 4 heteroatoms. The van der Waals surface area contributed by atoms with Crippen LogP contribution in [0.1, 0.15) is 42.5 Å². The average Bonchev–Trinajstić information content (AvgIpc) is 3.22. The molecule has 2 aliphatic rings. The fourth-order valence-corrected chi connectivity index (χ4v) is 4.55. The molecule has 4 rings (SSSR count). The van der Waals surface area contributed by atoms with E-state index >= 15 is 0 Å². The molecule has 25 heavy (non-hydrogen) atoms. The molecule has 3 N–H and O–H groups in total. The summed E-state index contributed by atoms with van der Waals surface area (Å²) < 4.78 is 8.06. The molecule has 2 heterocycles. The molecule has 0 saturated carbocycles. The van der Waals surface area contributed by atoms with Gasteiger partial charge in [0, 0.05) is 23.2 Å². The number of aliphatic hydroxyl groups is 1. The smallest absolute Gasteiger partial charge is 0.121 e. The Morgan fingerprint density at radius 1 is 1.28 bits per heavy atom. The van der Waals surface area contributed by atoms with Crippen molar-refractivity contribution in [2.75, 3.05) is 19.7 Å². The molecular formula is C21H31N2O2+. The van der Waals surface area contributed by atoms with Gasteiger partial charge >= 0.3 is 0 Å². The molecule has 1 saturated heterocycles. The lowest BCUT2D eigenvalue weighted by Crippen LogP contribution is -2.88. The second kappa shape index (κ2) is 7.48. The molecule has 1 aliphatic heterocycles. The number of rotatable bonds is 6. The molecule has 1 aromatic carbocycles. The maximum Gasteiger partial charge on any atom is 0.121 e. The largest absolute Gasteiger partial charge is 0.385 e. The Morgan fingerprint density at radius 3 is 3.00 bits per heavy atom. The van der Waals surface area contributed by atoms with E-state index in [2.05, 4.69) is 35.0 Å². The number of fused-ring (bicyclic) bond motifs is 3. The van der Waals surface area contributed by atoms with Crippen molar-refractivity contribution in [2.45, 2.75) is 64.2 Å².